The molecule has 33 heavy (non-hydrogen) atoms. The summed E-state index contributed by atoms with van der Waals surface area (Å²) < 4.78 is 5.88. The molecule has 4 aromatic rings. The molecular formula is C29H35N3O. The van der Waals surface area contributed by atoms with Crippen molar-refractivity contribution < 1.29 is 4.74 Å². The van der Waals surface area contributed by atoms with Gasteiger partial charge in [-0.05, 0) is 80.4 Å². The van der Waals surface area contributed by atoms with E-state index in [1.54, 1.807) is 0 Å². The second-order valence-corrected chi connectivity index (χ2v) is 8.98. The molecule has 0 radical (unpaired) electrons. The van der Waals surface area contributed by atoms with Gasteiger partial charge in [0, 0.05) is 29.0 Å². The van der Waals surface area contributed by atoms with Gasteiger partial charge in [0.15, 0.2) is 0 Å². The van der Waals surface area contributed by atoms with Gasteiger partial charge in [0.05, 0.1) is 6.61 Å². The maximum atomic E-state index is 5.88. The van der Waals surface area contributed by atoms with Crippen LogP contribution in [0.5, 0.6) is 5.75 Å². The van der Waals surface area contributed by atoms with Crippen LogP contribution < -0.4 is 4.74 Å². The minimum absolute atomic E-state index is 0.737. The maximum absolute atomic E-state index is 5.88. The number of pyridine rings is 1. The first-order chi connectivity index (χ1) is 16.1. The molecule has 0 aliphatic rings. The quantitative estimate of drug-likeness (QED) is 0.248. The lowest BCUT2D eigenvalue weighted by Gasteiger charge is -2.11. The third-order valence-electron chi connectivity index (χ3n) is 5.96. The topological polar surface area (TPSA) is 41.1 Å². The number of nitrogens with zero attached hydrogens (tertiary/aromatic N) is 2. The van der Waals surface area contributed by atoms with Crippen molar-refractivity contribution in [3.63, 3.8) is 0 Å². The van der Waals surface area contributed by atoms with E-state index in [4.69, 9.17) is 4.74 Å². The molecule has 0 bridgehead atoms. The van der Waals surface area contributed by atoms with Crippen LogP contribution in [0.4, 0.5) is 0 Å². The number of ether oxygens (including phenoxy) is 1. The van der Waals surface area contributed by atoms with Gasteiger partial charge in [0.2, 0.25) is 0 Å². The molecule has 0 fully saturated rings. The van der Waals surface area contributed by atoms with E-state index in [2.05, 4.69) is 96.6 Å². The predicted octanol–water partition coefficient (Wildman–Crippen LogP) is 7.31. The van der Waals surface area contributed by atoms with Crippen LogP contribution in [0, 0.1) is 0 Å². The van der Waals surface area contributed by atoms with E-state index in [-0.39, 0.29) is 0 Å². The molecule has 0 aliphatic carbocycles. The normalized spacial score (nSPS) is 11.9. The van der Waals surface area contributed by atoms with Gasteiger partial charge in [-0.25, -0.2) is 4.98 Å². The zero-order valence-corrected chi connectivity index (χ0v) is 20.1. The van der Waals surface area contributed by atoms with Crippen molar-refractivity contribution >= 4 is 28.0 Å². The summed E-state index contributed by atoms with van der Waals surface area (Å²) in [5, 5.41) is 2.38. The fraction of sp³-hybridized carbons (Fsp3) is 0.345. The number of benzene rings is 2. The highest BCUT2D eigenvalue weighted by Gasteiger charge is 2.08. The van der Waals surface area contributed by atoms with Crippen molar-refractivity contribution in [3.8, 4) is 16.9 Å². The van der Waals surface area contributed by atoms with Crippen molar-refractivity contribution in [1.82, 2.24) is 14.9 Å². The van der Waals surface area contributed by atoms with Crippen LogP contribution in [0.1, 0.15) is 44.6 Å². The lowest BCUT2D eigenvalue weighted by atomic mass is 10.0. The third-order valence-corrected chi connectivity index (χ3v) is 5.96. The van der Waals surface area contributed by atoms with Crippen molar-refractivity contribution in [2.24, 2.45) is 0 Å². The van der Waals surface area contributed by atoms with Crippen molar-refractivity contribution in [1.29, 1.82) is 0 Å². The average molecular weight is 442 g/mol. The Balaban J connectivity index is 1.51. The number of nitrogens with one attached hydrogen (secondary N) is 1. The minimum Gasteiger partial charge on any atom is -0.494 e. The Labute approximate surface area is 197 Å². The van der Waals surface area contributed by atoms with E-state index in [1.165, 1.54) is 41.2 Å². The van der Waals surface area contributed by atoms with E-state index in [0.29, 0.717) is 0 Å². The Morgan fingerprint density at radius 2 is 1.76 bits per heavy atom. The highest BCUT2D eigenvalue weighted by molar-refractivity contribution is 6.07. The van der Waals surface area contributed by atoms with Crippen LogP contribution >= 0.6 is 0 Å². The van der Waals surface area contributed by atoms with Crippen LogP contribution in [0.25, 0.3) is 39.1 Å². The summed E-state index contributed by atoms with van der Waals surface area (Å²) in [6.07, 6.45) is 12.4. The van der Waals surface area contributed by atoms with Gasteiger partial charge in [0.25, 0.3) is 0 Å². The van der Waals surface area contributed by atoms with Gasteiger partial charge >= 0.3 is 0 Å². The maximum Gasteiger partial charge on any atom is 0.138 e. The number of rotatable bonds is 11. The van der Waals surface area contributed by atoms with Crippen LogP contribution in [-0.2, 0) is 0 Å². The standard InChI is InChI=1S/C29H35N3O/c1-4-5-6-7-8-10-22-19-27-26-20-24(13-16-28(26)31-29(27)30-21-22)23-11-14-25(15-12-23)33-18-9-17-32(2)3/h8,10-16,19-21H,4-7,9,17-18H2,1-3H3,(H,30,31)/b10-8+. The van der Waals surface area contributed by atoms with Crippen LogP contribution in [0.15, 0.2) is 60.8 Å². The number of unbranched alkanes of at least 4 members (excludes halogenated alkanes) is 3. The summed E-state index contributed by atoms with van der Waals surface area (Å²) in [6.45, 7) is 4.01. The molecule has 0 unspecified atom stereocenters. The summed E-state index contributed by atoms with van der Waals surface area (Å²) in [7, 11) is 4.17. The van der Waals surface area contributed by atoms with Crippen LogP contribution in [0.3, 0.4) is 0 Å². The van der Waals surface area contributed by atoms with Gasteiger partial charge in [-0.2, -0.15) is 0 Å². The number of hydrogen-bond donors (Lipinski definition) is 1. The zero-order valence-electron chi connectivity index (χ0n) is 20.1. The second kappa shape index (κ2) is 11.2. The molecule has 0 saturated heterocycles. The smallest absolute Gasteiger partial charge is 0.138 e. The number of aromatic nitrogens is 2. The van der Waals surface area contributed by atoms with Gasteiger partial charge in [0.1, 0.15) is 11.4 Å². The van der Waals surface area contributed by atoms with Gasteiger partial charge in [-0.1, -0.05) is 50.1 Å². The van der Waals surface area contributed by atoms with Crippen LogP contribution in [0.2, 0.25) is 0 Å². The molecule has 0 saturated carbocycles. The number of H-pyrrole nitrogens is 1. The first kappa shape index (κ1) is 23.1. The molecule has 2 aromatic carbocycles. The first-order valence-corrected chi connectivity index (χ1v) is 12.1. The largest absolute Gasteiger partial charge is 0.494 e. The molecule has 4 nitrogen and oxygen atoms in total. The molecule has 2 aromatic heterocycles. The molecule has 0 atom stereocenters. The fourth-order valence-corrected chi connectivity index (χ4v) is 4.11. The number of fused-ring (bicyclic) bond motifs is 3. The molecule has 0 amide bonds. The Bertz CT molecular complexity index is 1200. The third kappa shape index (κ3) is 6.02. The summed E-state index contributed by atoms with van der Waals surface area (Å²) >= 11 is 0. The van der Waals surface area contributed by atoms with E-state index in [0.717, 1.165) is 48.5 Å². The number of hydrogen-bond acceptors (Lipinski definition) is 3. The highest BCUT2D eigenvalue weighted by atomic mass is 16.5. The molecule has 2 heterocycles. The zero-order chi connectivity index (χ0) is 23.0. The lowest BCUT2D eigenvalue weighted by molar-refractivity contribution is 0.281. The van der Waals surface area contributed by atoms with E-state index >= 15 is 0 Å². The fourth-order valence-electron chi connectivity index (χ4n) is 4.11. The Morgan fingerprint density at radius 1 is 0.939 bits per heavy atom. The monoisotopic (exact) mass is 441 g/mol. The van der Waals surface area contributed by atoms with E-state index in [1.807, 2.05) is 6.20 Å². The molecule has 4 rings (SSSR count). The number of aromatic amines is 1. The predicted molar refractivity (Wildman–Crippen MR) is 141 cm³/mol. The summed E-state index contributed by atoms with van der Waals surface area (Å²) in [5.41, 5.74) is 5.59. The molecular weight excluding hydrogens is 406 g/mol. The summed E-state index contributed by atoms with van der Waals surface area (Å²) in [6, 6.07) is 17.2. The van der Waals surface area contributed by atoms with Gasteiger partial charge < -0.3 is 14.6 Å². The summed E-state index contributed by atoms with van der Waals surface area (Å²) in [5.74, 6) is 0.922. The van der Waals surface area contributed by atoms with Crippen molar-refractivity contribution in [2.45, 2.75) is 39.0 Å². The minimum atomic E-state index is 0.737. The van der Waals surface area contributed by atoms with Gasteiger partial charge in [-0.3, -0.25) is 0 Å². The van der Waals surface area contributed by atoms with Gasteiger partial charge in [-0.15, -0.1) is 0 Å². The van der Waals surface area contributed by atoms with Crippen molar-refractivity contribution in [3.05, 3.63) is 66.4 Å². The molecule has 0 spiro atoms. The van der Waals surface area contributed by atoms with Crippen LogP contribution in [-0.4, -0.2) is 42.1 Å². The highest BCUT2D eigenvalue weighted by Crippen LogP contribution is 2.31. The molecule has 172 valence electrons. The molecule has 0 aliphatic heterocycles. The summed E-state index contributed by atoms with van der Waals surface area (Å²) in [4.78, 5) is 10.3. The second-order valence-electron chi connectivity index (χ2n) is 8.98. The van der Waals surface area contributed by atoms with Crippen molar-refractivity contribution in [2.75, 3.05) is 27.2 Å². The molecule has 1 N–H and O–H groups in total. The Kier molecular flexibility index (Phi) is 7.79. The molecule has 4 heteroatoms. The van der Waals surface area contributed by atoms with E-state index in [9.17, 15) is 0 Å². The Morgan fingerprint density at radius 3 is 2.55 bits per heavy atom. The Hall–Kier alpha value is -3.11. The van der Waals surface area contributed by atoms with E-state index < -0.39 is 0 Å². The lowest BCUT2D eigenvalue weighted by Crippen LogP contribution is -2.15. The average Bonchev–Trinajstić information content (AvgIpc) is 3.19. The number of allylic oxidation sites excluding steroid dienone is 1. The first-order valence-electron chi connectivity index (χ1n) is 12.1. The SMILES string of the molecule is CCCCC/C=C/c1cnc2[nH]c3ccc(-c4ccc(OCCCN(C)C)cc4)cc3c2c1.